The first-order valence-corrected chi connectivity index (χ1v) is 8.52. The lowest BCUT2D eigenvalue weighted by Crippen LogP contribution is -2.42. The van der Waals surface area contributed by atoms with E-state index < -0.39 is 0 Å². The highest BCUT2D eigenvalue weighted by Gasteiger charge is 2.47. The molecule has 0 unspecified atom stereocenters. The monoisotopic (exact) mass is 277 g/mol. The zero-order valence-electron chi connectivity index (χ0n) is 12.4. The molecular formula is C16H27N3O. The number of amides is 1. The molecule has 1 aliphatic carbocycles. The molecule has 0 bridgehead atoms. The van der Waals surface area contributed by atoms with Crippen LogP contribution in [-0.4, -0.2) is 61.0 Å². The third-order valence-corrected chi connectivity index (χ3v) is 5.85. The summed E-state index contributed by atoms with van der Waals surface area (Å²) in [4.78, 5) is 17.1. The molecule has 4 heteroatoms. The molecule has 1 N–H and O–H groups in total. The Morgan fingerprint density at radius 2 is 2.00 bits per heavy atom. The van der Waals surface area contributed by atoms with Crippen molar-refractivity contribution in [2.45, 2.75) is 38.1 Å². The summed E-state index contributed by atoms with van der Waals surface area (Å²) in [5, 5.41) is 3.10. The van der Waals surface area contributed by atoms with Gasteiger partial charge in [0.1, 0.15) is 0 Å². The summed E-state index contributed by atoms with van der Waals surface area (Å²) in [6.45, 7) is 6.45. The minimum absolute atomic E-state index is 0.248. The third-order valence-electron chi connectivity index (χ3n) is 5.85. The van der Waals surface area contributed by atoms with E-state index in [1.807, 2.05) is 0 Å². The highest BCUT2D eigenvalue weighted by Crippen LogP contribution is 2.40. The molecule has 4 fully saturated rings. The maximum absolute atomic E-state index is 12.0. The summed E-state index contributed by atoms with van der Waals surface area (Å²) in [5.74, 6) is 2.70. The molecule has 4 rings (SSSR count). The van der Waals surface area contributed by atoms with Gasteiger partial charge < -0.3 is 5.32 Å². The molecule has 4 nitrogen and oxygen atoms in total. The Kier molecular flexibility index (Phi) is 3.47. The van der Waals surface area contributed by atoms with E-state index in [1.54, 1.807) is 0 Å². The fraction of sp³-hybridized carbons (Fsp3) is 0.938. The Hall–Kier alpha value is -0.610. The Balaban J connectivity index is 1.27. The maximum atomic E-state index is 12.0. The van der Waals surface area contributed by atoms with Crippen LogP contribution >= 0.6 is 0 Å². The summed E-state index contributed by atoms with van der Waals surface area (Å²) in [5.41, 5.74) is 0. The van der Waals surface area contributed by atoms with Crippen molar-refractivity contribution in [3.8, 4) is 0 Å². The summed E-state index contributed by atoms with van der Waals surface area (Å²) < 4.78 is 0. The van der Waals surface area contributed by atoms with Crippen molar-refractivity contribution in [3.63, 3.8) is 0 Å². The van der Waals surface area contributed by atoms with Crippen molar-refractivity contribution in [2.75, 3.05) is 39.3 Å². The van der Waals surface area contributed by atoms with E-state index in [0.29, 0.717) is 6.54 Å². The number of hydrogen-bond acceptors (Lipinski definition) is 3. The molecule has 1 amide bonds. The van der Waals surface area contributed by atoms with Crippen LogP contribution in [0.3, 0.4) is 0 Å². The first kappa shape index (κ1) is 13.1. The lowest BCUT2D eigenvalue weighted by atomic mass is 9.90. The largest absolute Gasteiger partial charge is 0.355 e. The second kappa shape index (κ2) is 5.30. The van der Waals surface area contributed by atoms with Gasteiger partial charge in [-0.2, -0.15) is 0 Å². The van der Waals surface area contributed by atoms with E-state index >= 15 is 0 Å². The van der Waals surface area contributed by atoms with Gasteiger partial charge in [-0.05, 0) is 50.0 Å². The number of nitrogens with zero attached hydrogens (tertiary/aromatic N) is 2. The molecule has 0 aromatic carbocycles. The molecule has 112 valence electrons. The van der Waals surface area contributed by atoms with Crippen molar-refractivity contribution in [3.05, 3.63) is 0 Å². The summed E-state index contributed by atoms with van der Waals surface area (Å²) in [6, 6.07) is 0.827. The fourth-order valence-electron chi connectivity index (χ4n) is 4.62. The van der Waals surface area contributed by atoms with Gasteiger partial charge in [0, 0.05) is 32.2 Å². The number of hydrogen-bond donors (Lipinski definition) is 1. The predicted octanol–water partition coefficient (Wildman–Crippen LogP) is 0.929. The van der Waals surface area contributed by atoms with Gasteiger partial charge in [0.25, 0.3) is 0 Å². The van der Waals surface area contributed by atoms with E-state index in [2.05, 4.69) is 15.1 Å². The molecule has 3 heterocycles. The number of rotatable bonds is 4. The molecule has 3 saturated heterocycles. The van der Waals surface area contributed by atoms with Gasteiger partial charge in [-0.1, -0.05) is 6.42 Å². The van der Waals surface area contributed by atoms with Crippen LogP contribution in [0.4, 0.5) is 0 Å². The average Bonchev–Trinajstić information content (AvgIpc) is 3.10. The highest BCUT2D eigenvalue weighted by molar-refractivity contribution is 5.78. The number of nitrogens with one attached hydrogen (secondary N) is 1. The van der Waals surface area contributed by atoms with Gasteiger partial charge in [0.05, 0.1) is 6.54 Å². The Bertz CT molecular complexity index is 382. The van der Waals surface area contributed by atoms with Crippen LogP contribution in [0.25, 0.3) is 0 Å². The maximum Gasteiger partial charge on any atom is 0.234 e. The first-order chi connectivity index (χ1) is 9.79. The molecule has 20 heavy (non-hydrogen) atoms. The quantitative estimate of drug-likeness (QED) is 0.830. The van der Waals surface area contributed by atoms with Crippen LogP contribution in [0.5, 0.6) is 0 Å². The Labute approximate surface area is 121 Å². The summed E-state index contributed by atoms with van der Waals surface area (Å²) in [6.07, 6.45) is 6.82. The lowest BCUT2D eigenvalue weighted by molar-refractivity contribution is -0.122. The highest BCUT2D eigenvalue weighted by atomic mass is 16.2. The number of carbonyl (C=O) groups excluding carboxylic acids is 1. The predicted molar refractivity (Wildman–Crippen MR) is 78.4 cm³/mol. The summed E-state index contributed by atoms with van der Waals surface area (Å²) >= 11 is 0. The van der Waals surface area contributed by atoms with E-state index in [4.69, 9.17) is 0 Å². The molecule has 0 aromatic heterocycles. The van der Waals surface area contributed by atoms with Crippen LogP contribution in [0.1, 0.15) is 32.1 Å². The van der Waals surface area contributed by atoms with Gasteiger partial charge in [-0.25, -0.2) is 0 Å². The zero-order chi connectivity index (χ0) is 13.5. The van der Waals surface area contributed by atoms with Crippen LogP contribution in [-0.2, 0) is 4.79 Å². The topological polar surface area (TPSA) is 35.6 Å². The zero-order valence-corrected chi connectivity index (χ0v) is 12.4. The van der Waals surface area contributed by atoms with Gasteiger partial charge in [0.2, 0.25) is 5.91 Å². The van der Waals surface area contributed by atoms with Gasteiger partial charge in [-0.3, -0.25) is 14.6 Å². The number of carbonyl (C=O) groups is 1. The summed E-state index contributed by atoms with van der Waals surface area (Å²) in [7, 11) is 0. The third kappa shape index (κ3) is 2.60. The van der Waals surface area contributed by atoms with Crippen molar-refractivity contribution < 1.29 is 4.79 Å². The van der Waals surface area contributed by atoms with Gasteiger partial charge in [0.15, 0.2) is 0 Å². The first-order valence-electron chi connectivity index (χ1n) is 8.52. The van der Waals surface area contributed by atoms with Crippen LogP contribution in [0, 0.1) is 17.8 Å². The normalized spacial score (nSPS) is 37.7. The minimum atomic E-state index is 0.248. The second-order valence-electron chi connectivity index (χ2n) is 7.42. The van der Waals surface area contributed by atoms with E-state index in [1.165, 1.54) is 45.2 Å². The number of piperidine rings is 1. The molecule has 0 aromatic rings. The Morgan fingerprint density at radius 1 is 1.10 bits per heavy atom. The van der Waals surface area contributed by atoms with E-state index in [9.17, 15) is 4.79 Å². The van der Waals surface area contributed by atoms with Crippen LogP contribution in [0.2, 0.25) is 0 Å². The molecule has 0 radical (unpaired) electrons. The minimum Gasteiger partial charge on any atom is -0.355 e. The molecule has 3 atom stereocenters. The van der Waals surface area contributed by atoms with E-state index in [-0.39, 0.29) is 5.91 Å². The van der Waals surface area contributed by atoms with Crippen molar-refractivity contribution in [2.24, 2.45) is 17.8 Å². The Morgan fingerprint density at radius 3 is 2.85 bits per heavy atom. The average molecular weight is 277 g/mol. The van der Waals surface area contributed by atoms with E-state index in [0.717, 1.165) is 43.4 Å². The molecule has 3 aliphatic heterocycles. The molecule has 4 aliphatic rings. The van der Waals surface area contributed by atoms with Gasteiger partial charge >= 0.3 is 0 Å². The van der Waals surface area contributed by atoms with Crippen molar-refractivity contribution >= 4 is 5.91 Å². The second-order valence-corrected chi connectivity index (χ2v) is 7.42. The lowest BCUT2D eigenvalue weighted by Gasteiger charge is -2.33. The standard InChI is InChI=1S/C16H27N3O/c20-16(17-7-12-4-5-12)11-18-8-13-9-19-6-2-1-3-15(19)14(13)10-18/h12-15H,1-11H2,(H,17,20)/t13-,14-,15-/m1/s1. The number of fused-ring (bicyclic) bond motifs is 3. The fourth-order valence-corrected chi connectivity index (χ4v) is 4.62. The number of likely N-dealkylation sites (tertiary alicyclic amines) is 1. The molecule has 1 saturated carbocycles. The van der Waals surface area contributed by atoms with Crippen LogP contribution in [0.15, 0.2) is 0 Å². The SMILES string of the molecule is O=C(CN1C[C@@H]2CN3CCCC[C@@H]3[C@@H]2C1)NCC1CC1. The smallest absolute Gasteiger partial charge is 0.234 e. The van der Waals surface area contributed by atoms with Crippen LogP contribution < -0.4 is 5.32 Å². The van der Waals surface area contributed by atoms with Crippen molar-refractivity contribution in [1.82, 2.24) is 15.1 Å². The van der Waals surface area contributed by atoms with Gasteiger partial charge in [-0.15, -0.1) is 0 Å². The molecular weight excluding hydrogens is 250 g/mol. The molecule has 0 spiro atoms. The van der Waals surface area contributed by atoms with Crippen molar-refractivity contribution in [1.29, 1.82) is 0 Å².